The van der Waals surface area contributed by atoms with Crippen LogP contribution in [0, 0.1) is 0 Å². The van der Waals surface area contributed by atoms with E-state index in [4.69, 9.17) is 9.47 Å². The Morgan fingerprint density at radius 3 is 3.20 bits per heavy atom. The van der Waals surface area contributed by atoms with Crippen molar-refractivity contribution in [3.8, 4) is 5.75 Å². The Balaban J connectivity index is 1.65. The molecule has 2 aliphatic heterocycles. The van der Waals surface area contributed by atoms with Gasteiger partial charge in [0, 0.05) is 18.3 Å². The van der Waals surface area contributed by atoms with Crippen molar-refractivity contribution < 1.29 is 9.47 Å². The van der Waals surface area contributed by atoms with Crippen LogP contribution in [0.3, 0.4) is 0 Å². The number of benzene rings is 1. The van der Waals surface area contributed by atoms with Gasteiger partial charge in [-0.15, -0.1) is 0 Å². The quantitative estimate of drug-likeness (QED) is 0.764. The van der Waals surface area contributed by atoms with E-state index in [1.165, 1.54) is 11.3 Å². The number of nitrogens with one attached hydrogen (secondary N) is 1. The zero-order valence-corrected chi connectivity index (χ0v) is 8.82. The second-order valence-electron chi connectivity index (χ2n) is 4.19. The summed E-state index contributed by atoms with van der Waals surface area (Å²) < 4.78 is 11.0. The summed E-state index contributed by atoms with van der Waals surface area (Å²) in [5, 5.41) is 3.34. The normalized spacial score (nSPS) is 27.0. The fourth-order valence-electron chi connectivity index (χ4n) is 1.94. The van der Waals surface area contributed by atoms with Crippen LogP contribution in [0.15, 0.2) is 18.2 Å². The van der Waals surface area contributed by atoms with E-state index in [0.717, 1.165) is 18.7 Å². The Hall–Kier alpha value is -1.22. The van der Waals surface area contributed by atoms with Gasteiger partial charge in [-0.3, -0.25) is 0 Å². The van der Waals surface area contributed by atoms with Gasteiger partial charge in [-0.1, -0.05) is 6.07 Å². The molecule has 3 rings (SSSR count). The maximum atomic E-state index is 5.66. The van der Waals surface area contributed by atoms with Gasteiger partial charge in [0.05, 0.1) is 6.10 Å². The molecule has 0 amide bonds. The Labute approximate surface area is 89.4 Å². The summed E-state index contributed by atoms with van der Waals surface area (Å²) in [7, 11) is 0. The van der Waals surface area contributed by atoms with Gasteiger partial charge in [0.2, 0.25) is 0 Å². The first kappa shape index (κ1) is 9.04. The number of ether oxygens (including phenoxy) is 2. The molecule has 0 aliphatic carbocycles. The summed E-state index contributed by atoms with van der Waals surface area (Å²) >= 11 is 0. The monoisotopic (exact) mass is 205 g/mol. The molecule has 2 atom stereocenters. The number of rotatable bonds is 3. The highest BCUT2D eigenvalue weighted by Gasteiger charge is 2.34. The topological polar surface area (TPSA) is 33.8 Å². The highest BCUT2D eigenvalue weighted by atomic mass is 16.6. The van der Waals surface area contributed by atoms with Gasteiger partial charge >= 0.3 is 0 Å². The molecule has 1 fully saturated rings. The van der Waals surface area contributed by atoms with E-state index < -0.39 is 0 Å². The summed E-state index contributed by atoms with van der Waals surface area (Å²) in [6.45, 7) is 3.78. The Bertz CT molecular complexity index is 378. The Morgan fingerprint density at radius 2 is 2.40 bits per heavy atom. The second kappa shape index (κ2) is 3.42. The van der Waals surface area contributed by atoms with Crippen LogP contribution in [-0.2, 0) is 11.2 Å². The van der Waals surface area contributed by atoms with Crippen LogP contribution in [-0.4, -0.2) is 25.4 Å². The van der Waals surface area contributed by atoms with Crippen LogP contribution in [0.4, 0.5) is 5.69 Å². The van der Waals surface area contributed by atoms with Gasteiger partial charge in [-0.25, -0.2) is 0 Å². The smallest absolute Gasteiger partial charge is 0.121 e. The molecule has 3 nitrogen and oxygen atoms in total. The predicted octanol–water partition coefficient (Wildman–Crippen LogP) is 1.82. The minimum Gasteiger partial charge on any atom is -0.491 e. The SMILES string of the molecule is CC1OC1COc1ccc2c(c1)NCC2. The summed E-state index contributed by atoms with van der Waals surface area (Å²) in [5.41, 5.74) is 2.61. The van der Waals surface area contributed by atoms with Crippen molar-refractivity contribution in [2.75, 3.05) is 18.5 Å². The van der Waals surface area contributed by atoms with Crippen LogP contribution >= 0.6 is 0 Å². The maximum absolute atomic E-state index is 5.66. The lowest BCUT2D eigenvalue weighted by Crippen LogP contribution is -2.06. The highest BCUT2D eigenvalue weighted by Crippen LogP contribution is 2.28. The molecule has 0 saturated carbocycles. The number of epoxide rings is 1. The molecule has 0 bridgehead atoms. The summed E-state index contributed by atoms with van der Waals surface area (Å²) in [5.74, 6) is 0.936. The van der Waals surface area contributed by atoms with Crippen LogP contribution in [0.2, 0.25) is 0 Å². The van der Waals surface area contributed by atoms with Crippen molar-refractivity contribution in [1.29, 1.82) is 0 Å². The van der Waals surface area contributed by atoms with E-state index in [1.807, 2.05) is 6.07 Å². The minimum atomic E-state index is 0.297. The first-order valence-corrected chi connectivity index (χ1v) is 5.48. The molecule has 0 spiro atoms. The van der Waals surface area contributed by atoms with Crippen molar-refractivity contribution in [1.82, 2.24) is 0 Å². The van der Waals surface area contributed by atoms with E-state index in [0.29, 0.717) is 18.8 Å². The lowest BCUT2D eigenvalue weighted by atomic mass is 10.1. The summed E-state index contributed by atoms with van der Waals surface area (Å²) in [6.07, 6.45) is 1.79. The van der Waals surface area contributed by atoms with Gasteiger partial charge in [0.25, 0.3) is 0 Å². The van der Waals surface area contributed by atoms with Crippen LogP contribution in [0.1, 0.15) is 12.5 Å². The molecule has 1 aromatic carbocycles. The molecule has 3 heteroatoms. The maximum Gasteiger partial charge on any atom is 0.121 e. The van der Waals surface area contributed by atoms with Gasteiger partial charge in [-0.2, -0.15) is 0 Å². The molecule has 1 saturated heterocycles. The molecular formula is C12H15NO2. The molecule has 1 aromatic rings. The second-order valence-corrected chi connectivity index (χ2v) is 4.19. The zero-order valence-electron chi connectivity index (χ0n) is 8.82. The molecular weight excluding hydrogens is 190 g/mol. The highest BCUT2D eigenvalue weighted by molar-refractivity contribution is 5.58. The van der Waals surface area contributed by atoms with E-state index >= 15 is 0 Å². The molecule has 1 N–H and O–H groups in total. The first-order chi connectivity index (χ1) is 7.33. The minimum absolute atomic E-state index is 0.297. The lowest BCUT2D eigenvalue weighted by Gasteiger charge is -2.06. The van der Waals surface area contributed by atoms with Crippen molar-refractivity contribution in [3.63, 3.8) is 0 Å². The number of hydrogen-bond donors (Lipinski definition) is 1. The van der Waals surface area contributed by atoms with E-state index in [-0.39, 0.29) is 0 Å². The van der Waals surface area contributed by atoms with Crippen LogP contribution in [0.5, 0.6) is 5.75 Å². The predicted molar refractivity (Wildman–Crippen MR) is 58.5 cm³/mol. The van der Waals surface area contributed by atoms with Crippen LogP contribution < -0.4 is 10.1 Å². The molecule has 2 heterocycles. The van der Waals surface area contributed by atoms with Crippen LogP contribution in [0.25, 0.3) is 0 Å². The number of anilines is 1. The summed E-state index contributed by atoms with van der Waals surface area (Å²) in [4.78, 5) is 0. The molecule has 0 aromatic heterocycles. The largest absolute Gasteiger partial charge is 0.491 e. The molecule has 2 unspecified atom stereocenters. The van der Waals surface area contributed by atoms with E-state index in [9.17, 15) is 0 Å². The molecule has 2 aliphatic rings. The van der Waals surface area contributed by atoms with Gasteiger partial charge in [-0.05, 0) is 25.0 Å². The first-order valence-electron chi connectivity index (χ1n) is 5.48. The third kappa shape index (κ3) is 1.79. The average Bonchev–Trinajstić information content (AvgIpc) is 2.78. The molecule has 80 valence electrons. The van der Waals surface area contributed by atoms with Gasteiger partial charge in [0.15, 0.2) is 0 Å². The third-order valence-corrected chi connectivity index (χ3v) is 3.04. The Kier molecular flexibility index (Phi) is 2.06. The summed E-state index contributed by atoms with van der Waals surface area (Å²) in [6, 6.07) is 6.26. The number of fused-ring (bicyclic) bond motifs is 1. The van der Waals surface area contributed by atoms with Gasteiger partial charge < -0.3 is 14.8 Å². The fraction of sp³-hybridized carbons (Fsp3) is 0.500. The van der Waals surface area contributed by atoms with E-state index in [1.54, 1.807) is 0 Å². The zero-order chi connectivity index (χ0) is 10.3. The Morgan fingerprint density at radius 1 is 1.53 bits per heavy atom. The van der Waals surface area contributed by atoms with E-state index in [2.05, 4.69) is 24.4 Å². The van der Waals surface area contributed by atoms with Crippen molar-refractivity contribution in [3.05, 3.63) is 23.8 Å². The van der Waals surface area contributed by atoms with Crippen molar-refractivity contribution in [2.24, 2.45) is 0 Å². The number of hydrogen-bond acceptors (Lipinski definition) is 3. The molecule has 15 heavy (non-hydrogen) atoms. The van der Waals surface area contributed by atoms with Gasteiger partial charge in [0.1, 0.15) is 18.5 Å². The standard InChI is InChI=1S/C12H15NO2/c1-8-12(15-8)7-14-10-3-2-9-4-5-13-11(9)6-10/h2-3,6,8,12-13H,4-5,7H2,1H3. The third-order valence-electron chi connectivity index (χ3n) is 3.04. The molecule has 0 radical (unpaired) electrons. The fourth-order valence-corrected chi connectivity index (χ4v) is 1.94. The lowest BCUT2D eigenvalue weighted by molar-refractivity contribution is 0.261. The average molecular weight is 205 g/mol. The van der Waals surface area contributed by atoms with Crippen molar-refractivity contribution in [2.45, 2.75) is 25.6 Å². The van der Waals surface area contributed by atoms with Crippen molar-refractivity contribution >= 4 is 5.69 Å².